The SMILES string of the molecule is Cn1ccc(CC(=O)N2CCC(C(=O)O)(n3cccn3)CC2)c1. The van der Waals surface area contributed by atoms with Gasteiger partial charge in [-0.3, -0.25) is 9.48 Å². The molecule has 3 rings (SSSR count). The second-order valence-electron chi connectivity index (χ2n) is 6.03. The first kappa shape index (κ1) is 15.3. The lowest BCUT2D eigenvalue weighted by atomic mass is 9.87. The molecular formula is C16H20N4O3. The Bertz CT molecular complexity index is 697. The summed E-state index contributed by atoms with van der Waals surface area (Å²) in [6.45, 7) is 0.857. The van der Waals surface area contributed by atoms with Gasteiger partial charge in [-0.1, -0.05) is 0 Å². The van der Waals surface area contributed by atoms with Crippen LogP contribution < -0.4 is 0 Å². The van der Waals surface area contributed by atoms with E-state index in [9.17, 15) is 14.7 Å². The van der Waals surface area contributed by atoms with Crippen molar-refractivity contribution in [2.45, 2.75) is 24.8 Å². The molecule has 23 heavy (non-hydrogen) atoms. The topological polar surface area (TPSA) is 80.4 Å². The number of carbonyl (C=O) groups is 2. The molecule has 0 radical (unpaired) electrons. The van der Waals surface area contributed by atoms with Gasteiger partial charge < -0.3 is 14.6 Å². The van der Waals surface area contributed by atoms with Gasteiger partial charge in [-0.25, -0.2) is 4.79 Å². The van der Waals surface area contributed by atoms with Crippen LogP contribution in [-0.2, 0) is 28.6 Å². The molecular weight excluding hydrogens is 296 g/mol. The summed E-state index contributed by atoms with van der Waals surface area (Å²) in [7, 11) is 1.92. The summed E-state index contributed by atoms with van der Waals surface area (Å²) in [5, 5.41) is 13.8. The average Bonchev–Trinajstić information content (AvgIpc) is 3.19. The zero-order valence-electron chi connectivity index (χ0n) is 13.1. The first-order valence-electron chi connectivity index (χ1n) is 7.63. The summed E-state index contributed by atoms with van der Waals surface area (Å²) in [5.74, 6) is -0.855. The van der Waals surface area contributed by atoms with Gasteiger partial charge in [-0.05, 0) is 17.7 Å². The van der Waals surface area contributed by atoms with E-state index in [1.807, 2.05) is 30.1 Å². The smallest absolute Gasteiger partial charge is 0.331 e. The van der Waals surface area contributed by atoms with Gasteiger partial charge in [0.25, 0.3) is 0 Å². The van der Waals surface area contributed by atoms with Gasteiger partial charge in [0.1, 0.15) is 0 Å². The van der Waals surface area contributed by atoms with Crippen molar-refractivity contribution in [3.8, 4) is 0 Å². The number of aliphatic carboxylic acids is 1. The summed E-state index contributed by atoms with van der Waals surface area (Å²) >= 11 is 0. The first-order valence-corrected chi connectivity index (χ1v) is 7.63. The Hall–Kier alpha value is -2.57. The maximum atomic E-state index is 12.4. The van der Waals surface area contributed by atoms with E-state index in [-0.39, 0.29) is 5.91 Å². The van der Waals surface area contributed by atoms with Gasteiger partial charge in [-0.2, -0.15) is 5.10 Å². The number of likely N-dealkylation sites (tertiary alicyclic amines) is 1. The second kappa shape index (κ2) is 5.91. The van der Waals surface area contributed by atoms with E-state index in [4.69, 9.17) is 0 Å². The number of aromatic nitrogens is 3. The molecule has 0 bridgehead atoms. The van der Waals surface area contributed by atoms with Crippen LogP contribution in [0.1, 0.15) is 18.4 Å². The van der Waals surface area contributed by atoms with Crippen LogP contribution >= 0.6 is 0 Å². The summed E-state index contributed by atoms with van der Waals surface area (Å²) in [6.07, 6.45) is 8.17. The molecule has 0 atom stereocenters. The highest BCUT2D eigenvalue weighted by molar-refractivity contribution is 5.80. The molecule has 1 aliphatic heterocycles. The number of carbonyl (C=O) groups excluding carboxylic acids is 1. The third kappa shape index (κ3) is 2.86. The van der Waals surface area contributed by atoms with E-state index >= 15 is 0 Å². The molecule has 7 nitrogen and oxygen atoms in total. The molecule has 0 aliphatic carbocycles. The minimum absolute atomic E-state index is 0.0376. The number of piperidine rings is 1. The van der Waals surface area contributed by atoms with Crippen molar-refractivity contribution in [2.75, 3.05) is 13.1 Å². The van der Waals surface area contributed by atoms with E-state index in [1.54, 1.807) is 23.4 Å². The quantitative estimate of drug-likeness (QED) is 0.907. The van der Waals surface area contributed by atoms with Gasteiger partial charge in [0.2, 0.25) is 5.91 Å². The van der Waals surface area contributed by atoms with E-state index in [2.05, 4.69) is 5.10 Å². The number of hydrogen-bond donors (Lipinski definition) is 1. The maximum absolute atomic E-state index is 12.4. The minimum atomic E-state index is -1.05. The monoisotopic (exact) mass is 316 g/mol. The Kier molecular flexibility index (Phi) is 3.94. The molecule has 2 aromatic rings. The van der Waals surface area contributed by atoms with Crippen LogP contribution in [0, 0.1) is 0 Å². The Balaban J connectivity index is 1.67. The van der Waals surface area contributed by atoms with Gasteiger partial charge in [0.05, 0.1) is 6.42 Å². The molecule has 0 saturated carbocycles. The fraction of sp³-hybridized carbons (Fsp3) is 0.438. The average molecular weight is 316 g/mol. The third-order valence-electron chi connectivity index (χ3n) is 4.53. The Morgan fingerprint density at radius 3 is 2.57 bits per heavy atom. The summed E-state index contributed by atoms with van der Waals surface area (Å²) in [4.78, 5) is 25.9. The van der Waals surface area contributed by atoms with Gasteiger partial charge in [0, 0.05) is 57.8 Å². The molecule has 1 fully saturated rings. The highest BCUT2D eigenvalue weighted by atomic mass is 16.4. The van der Waals surface area contributed by atoms with E-state index in [0.717, 1.165) is 5.56 Å². The number of carboxylic acid groups (broad SMARTS) is 1. The summed E-state index contributed by atoms with van der Waals surface area (Å²) in [5.41, 5.74) is -0.0767. The van der Waals surface area contributed by atoms with Crippen LogP contribution in [0.4, 0.5) is 0 Å². The van der Waals surface area contributed by atoms with Crippen molar-refractivity contribution < 1.29 is 14.7 Å². The molecule has 1 N–H and O–H groups in total. The zero-order chi connectivity index (χ0) is 16.4. The van der Waals surface area contributed by atoms with Crippen LogP contribution in [0.5, 0.6) is 0 Å². The van der Waals surface area contributed by atoms with Crippen molar-refractivity contribution in [2.24, 2.45) is 7.05 Å². The largest absolute Gasteiger partial charge is 0.479 e. The normalized spacial score (nSPS) is 17.2. The van der Waals surface area contributed by atoms with Gasteiger partial charge in [0.15, 0.2) is 5.54 Å². The molecule has 2 aromatic heterocycles. The van der Waals surface area contributed by atoms with Crippen molar-refractivity contribution in [3.63, 3.8) is 0 Å². The molecule has 1 saturated heterocycles. The van der Waals surface area contributed by atoms with Gasteiger partial charge >= 0.3 is 5.97 Å². The highest BCUT2D eigenvalue weighted by Crippen LogP contribution is 2.30. The molecule has 0 spiro atoms. The molecule has 0 aromatic carbocycles. The number of rotatable bonds is 4. The van der Waals surface area contributed by atoms with Crippen molar-refractivity contribution in [3.05, 3.63) is 42.5 Å². The lowest BCUT2D eigenvalue weighted by molar-refractivity contribution is -0.153. The Morgan fingerprint density at radius 2 is 2.04 bits per heavy atom. The Labute approximate surface area is 134 Å². The minimum Gasteiger partial charge on any atom is -0.479 e. The lowest BCUT2D eigenvalue weighted by Crippen LogP contribution is -2.52. The third-order valence-corrected chi connectivity index (χ3v) is 4.53. The van der Waals surface area contributed by atoms with Crippen molar-refractivity contribution >= 4 is 11.9 Å². The van der Waals surface area contributed by atoms with Gasteiger partial charge in [-0.15, -0.1) is 0 Å². The fourth-order valence-electron chi connectivity index (χ4n) is 3.14. The Morgan fingerprint density at radius 1 is 1.30 bits per heavy atom. The van der Waals surface area contributed by atoms with Crippen molar-refractivity contribution in [1.82, 2.24) is 19.2 Å². The highest BCUT2D eigenvalue weighted by Gasteiger charge is 2.44. The molecule has 1 amide bonds. The lowest BCUT2D eigenvalue weighted by Gasteiger charge is -2.39. The molecule has 7 heteroatoms. The molecule has 122 valence electrons. The van der Waals surface area contributed by atoms with Crippen LogP contribution in [0.3, 0.4) is 0 Å². The van der Waals surface area contributed by atoms with Crippen LogP contribution in [0.25, 0.3) is 0 Å². The molecule has 3 heterocycles. The number of nitrogens with zero attached hydrogens (tertiary/aromatic N) is 4. The predicted molar refractivity (Wildman–Crippen MR) is 82.8 cm³/mol. The van der Waals surface area contributed by atoms with E-state index in [1.165, 1.54) is 4.68 Å². The fourth-order valence-corrected chi connectivity index (χ4v) is 3.14. The summed E-state index contributed by atoms with van der Waals surface area (Å²) < 4.78 is 3.42. The zero-order valence-corrected chi connectivity index (χ0v) is 13.1. The van der Waals surface area contributed by atoms with E-state index in [0.29, 0.717) is 32.4 Å². The number of aryl methyl sites for hydroxylation is 1. The first-order chi connectivity index (χ1) is 11.0. The number of carboxylic acids is 1. The molecule has 0 unspecified atom stereocenters. The molecule has 1 aliphatic rings. The summed E-state index contributed by atoms with van der Waals surface area (Å²) in [6, 6.07) is 3.64. The van der Waals surface area contributed by atoms with Crippen LogP contribution in [-0.4, -0.2) is 49.3 Å². The second-order valence-corrected chi connectivity index (χ2v) is 6.03. The van der Waals surface area contributed by atoms with E-state index < -0.39 is 11.5 Å². The standard InChI is InChI=1S/C16H20N4O3/c1-18-8-3-13(12-18)11-14(21)19-9-4-16(5-10-19,15(22)23)20-7-2-6-17-20/h2-3,6-8,12H,4-5,9-11H2,1H3,(H,22,23). The predicted octanol–water partition coefficient (Wildman–Crippen LogP) is 0.867. The van der Waals surface area contributed by atoms with Crippen molar-refractivity contribution in [1.29, 1.82) is 0 Å². The number of amides is 1. The van der Waals surface area contributed by atoms with Crippen LogP contribution in [0.2, 0.25) is 0 Å². The number of hydrogen-bond acceptors (Lipinski definition) is 3. The van der Waals surface area contributed by atoms with Crippen LogP contribution in [0.15, 0.2) is 36.9 Å². The maximum Gasteiger partial charge on any atom is 0.331 e.